The summed E-state index contributed by atoms with van der Waals surface area (Å²) in [7, 11) is 4.11. The maximum absolute atomic E-state index is 12.4. The Morgan fingerprint density at radius 2 is 1.90 bits per heavy atom. The van der Waals surface area contributed by atoms with Crippen LogP contribution in [-0.4, -0.2) is 65.7 Å². The molecule has 1 aliphatic carbocycles. The molecule has 21 heavy (non-hydrogen) atoms. The van der Waals surface area contributed by atoms with Gasteiger partial charge in [-0.3, -0.25) is 0 Å². The lowest BCUT2D eigenvalue weighted by Gasteiger charge is -2.38. The van der Waals surface area contributed by atoms with E-state index in [0.717, 1.165) is 25.7 Å². The highest BCUT2D eigenvalue weighted by molar-refractivity contribution is 5.82. The fourth-order valence-corrected chi connectivity index (χ4v) is 3.59. The minimum absolute atomic E-state index is 0.0319. The van der Waals surface area contributed by atoms with Gasteiger partial charge in [-0.2, -0.15) is 0 Å². The molecule has 0 bridgehead atoms. The topological polar surface area (TPSA) is 72.9 Å². The lowest BCUT2D eigenvalue weighted by Crippen LogP contribution is -2.56. The van der Waals surface area contributed by atoms with Gasteiger partial charge in [0.1, 0.15) is 6.04 Å². The molecule has 1 saturated carbocycles. The van der Waals surface area contributed by atoms with Crippen LogP contribution in [0.5, 0.6) is 0 Å². The van der Waals surface area contributed by atoms with Crippen LogP contribution < -0.4 is 5.32 Å². The summed E-state index contributed by atoms with van der Waals surface area (Å²) in [4.78, 5) is 27.3. The second-order valence-corrected chi connectivity index (χ2v) is 6.53. The average Bonchev–Trinajstić information content (AvgIpc) is 2.95. The van der Waals surface area contributed by atoms with Crippen LogP contribution in [0.2, 0.25) is 0 Å². The number of carboxylic acids is 1. The number of carbonyl (C=O) groups is 2. The van der Waals surface area contributed by atoms with Crippen LogP contribution in [0.4, 0.5) is 4.79 Å². The average molecular weight is 297 g/mol. The number of hydrogen-bond donors (Lipinski definition) is 2. The summed E-state index contributed by atoms with van der Waals surface area (Å²) in [6.07, 6.45) is 6.87. The van der Waals surface area contributed by atoms with Gasteiger partial charge >= 0.3 is 12.0 Å². The lowest BCUT2D eigenvalue weighted by molar-refractivity contribution is -0.143. The largest absolute Gasteiger partial charge is 0.480 e. The van der Waals surface area contributed by atoms with Crippen molar-refractivity contribution < 1.29 is 14.7 Å². The zero-order valence-corrected chi connectivity index (χ0v) is 13.1. The van der Waals surface area contributed by atoms with E-state index in [0.29, 0.717) is 19.5 Å². The molecule has 6 heteroatoms. The van der Waals surface area contributed by atoms with Gasteiger partial charge in [0.2, 0.25) is 0 Å². The standard InChI is InChI=1S/C15H27N3O3/c1-17(2)15(8-4-5-9-15)11-16-14(21)18-10-6-3-7-12(18)13(19)20/h12H,3-11H2,1-2H3,(H,16,21)(H,19,20). The summed E-state index contributed by atoms with van der Waals surface area (Å²) < 4.78 is 0. The third-order valence-corrected chi connectivity index (χ3v) is 5.10. The molecular formula is C15H27N3O3. The fourth-order valence-electron chi connectivity index (χ4n) is 3.59. The molecule has 2 amide bonds. The van der Waals surface area contributed by atoms with Crippen molar-refractivity contribution in [3.63, 3.8) is 0 Å². The molecule has 120 valence electrons. The normalized spacial score (nSPS) is 25.1. The number of carboxylic acid groups (broad SMARTS) is 1. The number of likely N-dealkylation sites (N-methyl/N-ethyl adjacent to an activating group) is 1. The Kier molecular flexibility index (Phi) is 5.08. The van der Waals surface area contributed by atoms with E-state index < -0.39 is 12.0 Å². The van der Waals surface area contributed by atoms with E-state index in [-0.39, 0.29) is 11.6 Å². The van der Waals surface area contributed by atoms with Gasteiger partial charge in [-0.25, -0.2) is 9.59 Å². The Labute approximate surface area is 126 Å². The number of amides is 2. The molecule has 2 N–H and O–H groups in total. The van der Waals surface area contributed by atoms with Crippen molar-refractivity contribution in [3.8, 4) is 0 Å². The molecule has 1 aliphatic heterocycles. The molecule has 0 aromatic heterocycles. The molecule has 1 unspecified atom stereocenters. The number of carbonyl (C=O) groups excluding carboxylic acids is 1. The molecule has 1 saturated heterocycles. The van der Waals surface area contributed by atoms with E-state index in [1.54, 1.807) is 0 Å². The molecule has 2 aliphatic rings. The van der Waals surface area contributed by atoms with Crippen molar-refractivity contribution >= 4 is 12.0 Å². The number of nitrogens with one attached hydrogen (secondary N) is 1. The van der Waals surface area contributed by atoms with Gasteiger partial charge in [-0.05, 0) is 46.2 Å². The van der Waals surface area contributed by atoms with Gasteiger partial charge in [-0.15, -0.1) is 0 Å². The summed E-state index contributed by atoms with van der Waals surface area (Å²) in [6, 6.07) is -0.896. The maximum Gasteiger partial charge on any atom is 0.326 e. The number of likely N-dealkylation sites (tertiary alicyclic amines) is 1. The van der Waals surface area contributed by atoms with Crippen LogP contribution in [0.1, 0.15) is 44.9 Å². The fraction of sp³-hybridized carbons (Fsp3) is 0.867. The van der Waals surface area contributed by atoms with Crippen molar-refractivity contribution in [2.24, 2.45) is 0 Å². The van der Waals surface area contributed by atoms with Gasteiger partial charge in [0.15, 0.2) is 0 Å². The SMILES string of the molecule is CN(C)C1(CNC(=O)N2CCCCC2C(=O)O)CCCC1. The quantitative estimate of drug-likeness (QED) is 0.825. The molecule has 2 rings (SSSR count). The van der Waals surface area contributed by atoms with E-state index in [1.165, 1.54) is 17.7 Å². The highest BCUT2D eigenvalue weighted by atomic mass is 16.4. The van der Waals surface area contributed by atoms with E-state index in [2.05, 4.69) is 24.3 Å². The Hall–Kier alpha value is -1.30. The lowest BCUT2D eigenvalue weighted by atomic mass is 9.96. The van der Waals surface area contributed by atoms with Crippen molar-refractivity contribution in [3.05, 3.63) is 0 Å². The molecule has 6 nitrogen and oxygen atoms in total. The summed E-state index contributed by atoms with van der Waals surface area (Å²) in [5, 5.41) is 12.2. The monoisotopic (exact) mass is 297 g/mol. The first kappa shape index (κ1) is 16.1. The van der Waals surface area contributed by atoms with Gasteiger partial charge in [0, 0.05) is 18.6 Å². The molecule has 0 aromatic carbocycles. The van der Waals surface area contributed by atoms with Gasteiger partial charge in [0.05, 0.1) is 0 Å². The van der Waals surface area contributed by atoms with Crippen molar-refractivity contribution in [2.45, 2.75) is 56.5 Å². The van der Waals surface area contributed by atoms with Crippen LogP contribution in [0.25, 0.3) is 0 Å². The zero-order valence-electron chi connectivity index (χ0n) is 13.1. The zero-order chi connectivity index (χ0) is 15.5. The second-order valence-electron chi connectivity index (χ2n) is 6.53. The third-order valence-electron chi connectivity index (χ3n) is 5.10. The van der Waals surface area contributed by atoms with Crippen LogP contribution in [-0.2, 0) is 4.79 Å². The Bertz CT molecular complexity index is 392. The van der Waals surface area contributed by atoms with Crippen molar-refractivity contribution in [2.75, 3.05) is 27.2 Å². The Balaban J connectivity index is 1.95. The minimum atomic E-state index is -0.895. The summed E-state index contributed by atoms with van der Waals surface area (Å²) in [5.41, 5.74) is 0.0319. The molecule has 0 spiro atoms. The van der Waals surface area contributed by atoms with Crippen LogP contribution in [0, 0.1) is 0 Å². The predicted molar refractivity (Wildman–Crippen MR) is 80.3 cm³/mol. The van der Waals surface area contributed by atoms with Gasteiger partial charge in [0.25, 0.3) is 0 Å². The molecule has 2 fully saturated rings. The van der Waals surface area contributed by atoms with Gasteiger partial charge in [-0.1, -0.05) is 12.8 Å². The summed E-state index contributed by atoms with van der Waals surface area (Å²) in [6.45, 7) is 1.14. The van der Waals surface area contributed by atoms with Crippen LogP contribution in [0.3, 0.4) is 0 Å². The number of piperidine rings is 1. The number of nitrogens with zero attached hydrogens (tertiary/aromatic N) is 2. The Morgan fingerprint density at radius 1 is 1.24 bits per heavy atom. The van der Waals surface area contributed by atoms with E-state index in [9.17, 15) is 14.7 Å². The summed E-state index contributed by atoms with van der Waals surface area (Å²) in [5.74, 6) is -0.895. The molecule has 1 heterocycles. The first-order valence-corrected chi connectivity index (χ1v) is 7.91. The first-order chi connectivity index (χ1) is 9.96. The number of urea groups is 1. The number of hydrogen-bond acceptors (Lipinski definition) is 3. The van der Waals surface area contributed by atoms with Gasteiger partial charge < -0.3 is 20.2 Å². The van der Waals surface area contributed by atoms with E-state index in [4.69, 9.17) is 0 Å². The first-order valence-electron chi connectivity index (χ1n) is 7.91. The third kappa shape index (κ3) is 3.48. The second kappa shape index (κ2) is 6.64. The molecular weight excluding hydrogens is 270 g/mol. The molecule has 0 radical (unpaired) electrons. The highest BCUT2D eigenvalue weighted by Crippen LogP contribution is 2.33. The van der Waals surface area contributed by atoms with E-state index in [1.807, 2.05) is 0 Å². The van der Waals surface area contributed by atoms with Crippen LogP contribution >= 0.6 is 0 Å². The van der Waals surface area contributed by atoms with Crippen molar-refractivity contribution in [1.29, 1.82) is 0 Å². The highest BCUT2D eigenvalue weighted by Gasteiger charge is 2.38. The van der Waals surface area contributed by atoms with Crippen molar-refractivity contribution in [1.82, 2.24) is 15.1 Å². The number of rotatable bonds is 4. The number of aliphatic carboxylic acids is 1. The smallest absolute Gasteiger partial charge is 0.326 e. The minimum Gasteiger partial charge on any atom is -0.480 e. The predicted octanol–water partition coefficient (Wildman–Crippen LogP) is 1.51. The maximum atomic E-state index is 12.4. The van der Waals surface area contributed by atoms with Crippen LogP contribution in [0.15, 0.2) is 0 Å². The van der Waals surface area contributed by atoms with E-state index >= 15 is 0 Å². The molecule has 0 aromatic rings. The Morgan fingerprint density at radius 3 is 2.48 bits per heavy atom. The summed E-state index contributed by atoms with van der Waals surface area (Å²) >= 11 is 0. The molecule has 1 atom stereocenters.